The fraction of sp³-hybridized carbons (Fsp3) is 0.200. The van der Waals surface area contributed by atoms with Gasteiger partial charge in [0.1, 0.15) is 0 Å². The van der Waals surface area contributed by atoms with Gasteiger partial charge in [0.25, 0.3) is 0 Å². The van der Waals surface area contributed by atoms with Crippen LogP contribution in [0.25, 0.3) is 6.08 Å². The van der Waals surface area contributed by atoms with Gasteiger partial charge in [0, 0.05) is 0 Å². The third kappa shape index (κ3) is 2.05. The van der Waals surface area contributed by atoms with Crippen LogP contribution in [0.5, 0.6) is 0 Å². The Labute approximate surface area is 70.2 Å². The van der Waals surface area contributed by atoms with E-state index in [1.165, 1.54) is 10.8 Å². The summed E-state index contributed by atoms with van der Waals surface area (Å²) in [6.07, 6.45) is 1.90. The summed E-state index contributed by atoms with van der Waals surface area (Å²) < 4.78 is 0. The van der Waals surface area contributed by atoms with Gasteiger partial charge in [-0.15, -0.1) is 0 Å². The SMILES string of the molecule is C=Cc1cccc([Si](C)C)c1. The molecule has 0 spiro atoms. The normalized spacial score (nSPS) is 10.1. The molecular formula is C10H13Si. The molecular weight excluding hydrogens is 148 g/mol. The van der Waals surface area contributed by atoms with E-state index in [-0.39, 0.29) is 8.80 Å². The molecule has 0 atom stereocenters. The molecule has 11 heavy (non-hydrogen) atoms. The first-order chi connectivity index (χ1) is 5.24. The Balaban J connectivity index is 3.00. The van der Waals surface area contributed by atoms with Crippen molar-refractivity contribution in [3.05, 3.63) is 36.4 Å². The molecule has 0 saturated carbocycles. The van der Waals surface area contributed by atoms with Gasteiger partial charge in [0.15, 0.2) is 0 Å². The summed E-state index contributed by atoms with van der Waals surface area (Å²) in [5, 5.41) is 1.48. The molecule has 0 nitrogen and oxygen atoms in total. The highest BCUT2D eigenvalue weighted by molar-refractivity contribution is 6.70. The highest BCUT2D eigenvalue weighted by atomic mass is 28.3. The fourth-order valence-electron chi connectivity index (χ4n) is 0.977. The van der Waals surface area contributed by atoms with E-state index < -0.39 is 0 Å². The third-order valence-corrected chi connectivity index (χ3v) is 3.17. The number of hydrogen-bond acceptors (Lipinski definition) is 0. The van der Waals surface area contributed by atoms with Crippen LogP contribution in [0.4, 0.5) is 0 Å². The van der Waals surface area contributed by atoms with E-state index in [4.69, 9.17) is 0 Å². The number of benzene rings is 1. The van der Waals surface area contributed by atoms with Crippen molar-refractivity contribution in [1.29, 1.82) is 0 Å². The minimum atomic E-state index is -0.292. The van der Waals surface area contributed by atoms with E-state index in [1.807, 2.05) is 6.08 Å². The van der Waals surface area contributed by atoms with Crippen molar-refractivity contribution in [2.45, 2.75) is 13.1 Å². The average molecular weight is 161 g/mol. The zero-order valence-electron chi connectivity index (χ0n) is 7.09. The van der Waals surface area contributed by atoms with Crippen LogP contribution in [0.3, 0.4) is 0 Å². The van der Waals surface area contributed by atoms with E-state index >= 15 is 0 Å². The zero-order valence-corrected chi connectivity index (χ0v) is 8.09. The Hall–Kier alpha value is -0.823. The van der Waals surface area contributed by atoms with Crippen LogP contribution in [0.1, 0.15) is 5.56 Å². The molecule has 0 aliphatic rings. The second-order valence-electron chi connectivity index (χ2n) is 2.83. The maximum Gasteiger partial charge on any atom is 0.0791 e. The average Bonchev–Trinajstić information content (AvgIpc) is 2.05. The highest BCUT2D eigenvalue weighted by Crippen LogP contribution is 1.98. The van der Waals surface area contributed by atoms with Crippen LogP contribution < -0.4 is 5.19 Å². The summed E-state index contributed by atoms with van der Waals surface area (Å²) in [7, 11) is -0.292. The van der Waals surface area contributed by atoms with Crippen molar-refractivity contribution >= 4 is 20.1 Å². The lowest BCUT2D eigenvalue weighted by molar-refractivity contribution is 1.69. The van der Waals surface area contributed by atoms with Gasteiger partial charge in [0.2, 0.25) is 0 Å². The molecule has 0 bridgehead atoms. The predicted molar refractivity (Wildman–Crippen MR) is 53.6 cm³/mol. The zero-order chi connectivity index (χ0) is 8.27. The van der Waals surface area contributed by atoms with Crippen LogP contribution in [-0.4, -0.2) is 8.80 Å². The minimum Gasteiger partial charge on any atom is -0.0985 e. The monoisotopic (exact) mass is 161 g/mol. The quantitative estimate of drug-likeness (QED) is 0.584. The summed E-state index contributed by atoms with van der Waals surface area (Å²) in [4.78, 5) is 0. The topological polar surface area (TPSA) is 0 Å². The molecule has 1 heteroatoms. The van der Waals surface area contributed by atoms with Gasteiger partial charge >= 0.3 is 0 Å². The van der Waals surface area contributed by atoms with Gasteiger partial charge in [-0.05, 0) is 5.56 Å². The molecule has 1 aromatic carbocycles. The minimum absolute atomic E-state index is 0.292. The van der Waals surface area contributed by atoms with Crippen molar-refractivity contribution in [3.63, 3.8) is 0 Å². The van der Waals surface area contributed by atoms with Crippen molar-refractivity contribution in [3.8, 4) is 0 Å². The summed E-state index contributed by atoms with van der Waals surface area (Å²) >= 11 is 0. The molecule has 0 N–H and O–H groups in total. The molecule has 1 rings (SSSR count). The van der Waals surface area contributed by atoms with E-state index in [2.05, 4.69) is 43.9 Å². The van der Waals surface area contributed by atoms with Crippen LogP contribution in [0.15, 0.2) is 30.8 Å². The first-order valence-electron chi connectivity index (χ1n) is 3.77. The summed E-state index contributed by atoms with van der Waals surface area (Å²) in [5.74, 6) is 0. The first kappa shape index (κ1) is 8.28. The fourth-order valence-corrected chi connectivity index (χ4v) is 1.86. The lowest BCUT2D eigenvalue weighted by atomic mass is 10.2. The molecule has 0 unspecified atom stereocenters. The van der Waals surface area contributed by atoms with E-state index in [0.29, 0.717) is 0 Å². The Bertz CT molecular complexity index is 251. The lowest BCUT2D eigenvalue weighted by Gasteiger charge is -2.03. The van der Waals surface area contributed by atoms with Crippen LogP contribution in [0, 0.1) is 0 Å². The molecule has 0 amide bonds. The van der Waals surface area contributed by atoms with Gasteiger partial charge in [-0.2, -0.15) is 0 Å². The molecule has 1 radical (unpaired) electrons. The second-order valence-corrected chi connectivity index (χ2v) is 5.41. The van der Waals surface area contributed by atoms with Crippen LogP contribution in [-0.2, 0) is 0 Å². The van der Waals surface area contributed by atoms with Crippen molar-refractivity contribution in [2.24, 2.45) is 0 Å². The Morgan fingerprint density at radius 1 is 1.36 bits per heavy atom. The molecule has 0 fully saturated rings. The Kier molecular flexibility index (Phi) is 2.66. The smallest absolute Gasteiger partial charge is 0.0791 e. The Morgan fingerprint density at radius 2 is 2.09 bits per heavy atom. The van der Waals surface area contributed by atoms with Crippen LogP contribution >= 0.6 is 0 Å². The molecule has 0 saturated heterocycles. The number of hydrogen-bond donors (Lipinski definition) is 0. The predicted octanol–water partition coefficient (Wildman–Crippen LogP) is 2.29. The summed E-state index contributed by atoms with van der Waals surface area (Å²) in [6.45, 7) is 8.34. The molecule has 57 valence electrons. The van der Waals surface area contributed by atoms with Gasteiger partial charge < -0.3 is 0 Å². The maximum absolute atomic E-state index is 3.74. The first-order valence-corrected chi connectivity index (χ1v) is 6.27. The molecule has 0 aliphatic heterocycles. The summed E-state index contributed by atoms with van der Waals surface area (Å²) in [5.41, 5.74) is 1.23. The standard InChI is InChI=1S/C10H13Si/c1-4-9-6-5-7-10(8-9)11(2)3/h4-8H,1H2,2-3H3. The Morgan fingerprint density at radius 3 is 2.64 bits per heavy atom. The van der Waals surface area contributed by atoms with Gasteiger partial charge in [-0.25, -0.2) is 0 Å². The van der Waals surface area contributed by atoms with Gasteiger partial charge in [-0.3, -0.25) is 0 Å². The summed E-state index contributed by atoms with van der Waals surface area (Å²) in [6, 6.07) is 8.61. The van der Waals surface area contributed by atoms with E-state index in [1.54, 1.807) is 0 Å². The molecule has 0 aliphatic carbocycles. The largest absolute Gasteiger partial charge is 0.0985 e. The van der Waals surface area contributed by atoms with E-state index in [9.17, 15) is 0 Å². The van der Waals surface area contributed by atoms with E-state index in [0.717, 1.165) is 0 Å². The third-order valence-electron chi connectivity index (χ3n) is 1.70. The number of rotatable bonds is 2. The lowest BCUT2D eigenvalue weighted by Crippen LogP contribution is -2.22. The van der Waals surface area contributed by atoms with Crippen molar-refractivity contribution < 1.29 is 0 Å². The molecule has 0 aromatic heterocycles. The van der Waals surface area contributed by atoms with Gasteiger partial charge in [-0.1, -0.05) is 55.2 Å². The van der Waals surface area contributed by atoms with Crippen LogP contribution in [0.2, 0.25) is 13.1 Å². The molecule has 0 heterocycles. The van der Waals surface area contributed by atoms with Crippen molar-refractivity contribution in [2.75, 3.05) is 0 Å². The van der Waals surface area contributed by atoms with Gasteiger partial charge in [0.05, 0.1) is 8.80 Å². The molecule has 1 aromatic rings. The highest BCUT2D eigenvalue weighted by Gasteiger charge is 1.99. The second kappa shape index (κ2) is 3.53. The maximum atomic E-state index is 3.74. The van der Waals surface area contributed by atoms with Crippen molar-refractivity contribution in [1.82, 2.24) is 0 Å².